The van der Waals surface area contributed by atoms with Gasteiger partial charge in [-0.2, -0.15) is 4.98 Å². The number of nitrogens with one attached hydrogen (secondary N) is 2. The molecule has 3 aliphatic heterocycles. The summed E-state index contributed by atoms with van der Waals surface area (Å²) < 4.78 is 29.4. The number of likely N-dealkylation sites (tertiary alicyclic amines) is 1. The SMILES string of the molecule is Cc1cc(S(=O)(=O)C2CC3(CCN(CC4CCN(c5ccc(C6CCC(=O)NC6=O)cc5)CC4)C(=O)C3)C2)ccc1Nc1ncc2cc(Cl)c(=O)n(C3CCCC3)c2n1. The van der Waals surface area contributed by atoms with E-state index >= 15 is 0 Å². The average Bonchev–Trinajstić information content (AvgIpc) is 3.74. The lowest BCUT2D eigenvalue weighted by molar-refractivity contribution is -0.142. The Kier molecular flexibility index (Phi) is 10.5. The maximum atomic E-state index is 13.9. The third kappa shape index (κ3) is 7.74. The summed E-state index contributed by atoms with van der Waals surface area (Å²) in [5.41, 5.74) is 3.45. The Morgan fingerprint density at radius 1 is 0.932 bits per heavy atom. The number of benzene rings is 2. The number of imide groups is 1. The van der Waals surface area contributed by atoms with Gasteiger partial charge >= 0.3 is 0 Å². The van der Waals surface area contributed by atoms with Crippen LogP contribution in [-0.2, 0) is 24.2 Å². The van der Waals surface area contributed by atoms with E-state index in [4.69, 9.17) is 16.6 Å². The molecular formula is C44H50ClN7O6S. The standard InChI is InChI=1S/C44H50ClN7O6S/c1-27-20-33(10-12-37(27)47-43-46-25-30-21-36(45)42(56)52(40(30)49-43)32-4-2-3-5-32)59(57,58)34-22-44(23-34)16-19-51(39(54)24-44)26-28-14-17-50(18-15-28)31-8-6-29(7-9-31)35-11-13-38(53)48-41(35)55/h6-10,12,20-21,25,28,32,34-35H,2-5,11,13-19,22-24,26H2,1H3,(H,46,47,49)(H,48,53,55). The monoisotopic (exact) mass is 839 g/mol. The minimum absolute atomic E-state index is 0.0389. The number of nitrogens with zero attached hydrogens (tertiary/aromatic N) is 5. The number of pyridine rings is 1. The number of halogens is 1. The van der Waals surface area contributed by atoms with Gasteiger partial charge in [-0.3, -0.25) is 29.1 Å². The highest BCUT2D eigenvalue weighted by atomic mass is 35.5. The molecule has 59 heavy (non-hydrogen) atoms. The van der Waals surface area contributed by atoms with E-state index in [9.17, 15) is 27.6 Å². The fourth-order valence-corrected chi connectivity index (χ4v) is 12.6. The van der Waals surface area contributed by atoms with Crippen molar-refractivity contribution >= 4 is 67.5 Å². The largest absolute Gasteiger partial charge is 0.372 e. The molecule has 0 radical (unpaired) electrons. The van der Waals surface area contributed by atoms with Crippen LogP contribution >= 0.6 is 11.6 Å². The zero-order valence-electron chi connectivity index (χ0n) is 33.3. The minimum atomic E-state index is -3.61. The third-order valence-corrected chi connectivity index (χ3v) is 16.1. The van der Waals surface area contributed by atoms with Crippen molar-refractivity contribution in [2.24, 2.45) is 11.3 Å². The van der Waals surface area contributed by atoms with Gasteiger partial charge in [0.25, 0.3) is 5.56 Å². The predicted molar refractivity (Wildman–Crippen MR) is 226 cm³/mol. The molecule has 3 saturated heterocycles. The number of hydrogen-bond donors (Lipinski definition) is 2. The normalized spacial score (nSPS) is 24.5. The molecule has 2 aliphatic carbocycles. The summed E-state index contributed by atoms with van der Waals surface area (Å²) in [5, 5.41) is 5.98. The number of aryl methyl sites for hydroxylation is 1. The Morgan fingerprint density at radius 2 is 1.68 bits per heavy atom. The number of rotatable bonds is 9. The van der Waals surface area contributed by atoms with E-state index < -0.39 is 15.1 Å². The molecule has 0 bridgehead atoms. The van der Waals surface area contributed by atoms with Gasteiger partial charge in [0.05, 0.1) is 16.1 Å². The van der Waals surface area contributed by atoms with Crippen molar-refractivity contribution < 1.29 is 22.8 Å². The van der Waals surface area contributed by atoms with Gasteiger partial charge in [-0.15, -0.1) is 0 Å². The minimum Gasteiger partial charge on any atom is -0.372 e. The number of amides is 3. The topological polar surface area (TPSA) is 164 Å². The zero-order valence-corrected chi connectivity index (χ0v) is 34.9. The van der Waals surface area contributed by atoms with Crippen LogP contribution in [0.15, 0.2) is 64.4 Å². The van der Waals surface area contributed by atoms with E-state index in [1.165, 1.54) is 0 Å². The number of carbonyl (C=O) groups excluding carboxylic acids is 3. The maximum Gasteiger partial charge on any atom is 0.271 e. The van der Waals surface area contributed by atoms with Crippen molar-refractivity contribution in [1.29, 1.82) is 0 Å². The van der Waals surface area contributed by atoms with E-state index in [1.807, 2.05) is 24.0 Å². The van der Waals surface area contributed by atoms with Crippen LogP contribution in [-0.4, -0.2) is 77.0 Å². The molecule has 13 nitrogen and oxygen atoms in total. The smallest absolute Gasteiger partial charge is 0.271 e. The summed E-state index contributed by atoms with van der Waals surface area (Å²) in [6, 6.07) is 14.8. The van der Waals surface area contributed by atoms with E-state index in [1.54, 1.807) is 35.0 Å². The lowest BCUT2D eigenvalue weighted by Crippen LogP contribution is -2.54. The van der Waals surface area contributed by atoms with Crippen LogP contribution in [0.2, 0.25) is 5.02 Å². The molecule has 5 fully saturated rings. The average molecular weight is 840 g/mol. The molecule has 1 spiro atoms. The van der Waals surface area contributed by atoms with Gasteiger partial charge in [-0.1, -0.05) is 36.6 Å². The molecule has 15 heteroatoms. The molecular weight excluding hydrogens is 790 g/mol. The van der Waals surface area contributed by atoms with Gasteiger partial charge in [0.15, 0.2) is 9.84 Å². The molecule has 4 aromatic rings. The lowest BCUT2D eigenvalue weighted by Gasteiger charge is -2.51. The van der Waals surface area contributed by atoms with E-state index in [0.29, 0.717) is 67.2 Å². The van der Waals surface area contributed by atoms with Crippen LogP contribution in [0.5, 0.6) is 0 Å². The molecule has 2 aromatic heterocycles. The first kappa shape index (κ1) is 39.6. The van der Waals surface area contributed by atoms with E-state index in [2.05, 4.69) is 32.7 Å². The van der Waals surface area contributed by atoms with Crippen LogP contribution in [0, 0.1) is 18.3 Å². The molecule has 2 N–H and O–H groups in total. The Labute approximate surface area is 348 Å². The summed E-state index contributed by atoms with van der Waals surface area (Å²) in [7, 11) is -3.61. The highest BCUT2D eigenvalue weighted by Crippen LogP contribution is 2.53. The lowest BCUT2D eigenvalue weighted by atomic mass is 9.62. The van der Waals surface area contributed by atoms with Gasteiger partial charge in [-0.25, -0.2) is 13.4 Å². The molecule has 2 saturated carbocycles. The molecule has 2 aromatic carbocycles. The van der Waals surface area contributed by atoms with E-state index in [0.717, 1.165) is 81.4 Å². The van der Waals surface area contributed by atoms with Crippen molar-refractivity contribution in [3.05, 3.63) is 81.2 Å². The Hall–Kier alpha value is -4.82. The molecule has 5 aliphatic rings. The molecule has 3 amide bonds. The summed E-state index contributed by atoms with van der Waals surface area (Å²) in [6.45, 7) is 5.02. The van der Waals surface area contributed by atoms with Crippen LogP contribution in [0.4, 0.5) is 17.3 Å². The number of anilines is 3. The molecule has 1 atom stereocenters. The van der Waals surface area contributed by atoms with Gasteiger partial charge in [0.1, 0.15) is 10.7 Å². The Balaban J connectivity index is 0.771. The number of aromatic nitrogens is 3. The number of piperidine rings is 3. The highest BCUT2D eigenvalue weighted by Gasteiger charge is 2.53. The second-order valence-corrected chi connectivity index (χ2v) is 20.2. The zero-order chi connectivity index (χ0) is 41.1. The first-order valence-electron chi connectivity index (χ1n) is 21.0. The van der Waals surface area contributed by atoms with Crippen molar-refractivity contribution in [2.75, 3.05) is 36.4 Å². The van der Waals surface area contributed by atoms with Gasteiger partial charge in [0, 0.05) is 68.0 Å². The number of sulfone groups is 1. The number of fused-ring (bicyclic) bond motifs is 1. The summed E-state index contributed by atoms with van der Waals surface area (Å²) in [4.78, 5) is 64.2. The predicted octanol–water partition coefficient (Wildman–Crippen LogP) is 6.59. The van der Waals surface area contributed by atoms with Crippen LogP contribution in [0.25, 0.3) is 11.0 Å². The first-order chi connectivity index (χ1) is 28.4. The number of carbonyl (C=O) groups is 3. The molecule has 5 heterocycles. The van der Waals surface area contributed by atoms with Crippen molar-refractivity contribution in [3.8, 4) is 0 Å². The van der Waals surface area contributed by atoms with Crippen LogP contribution < -0.4 is 21.1 Å². The van der Waals surface area contributed by atoms with E-state index in [-0.39, 0.29) is 50.6 Å². The summed E-state index contributed by atoms with van der Waals surface area (Å²) in [5.74, 6) is 0.122. The highest BCUT2D eigenvalue weighted by molar-refractivity contribution is 7.92. The summed E-state index contributed by atoms with van der Waals surface area (Å²) in [6.07, 6.45) is 10.6. The second-order valence-electron chi connectivity index (χ2n) is 17.5. The fourth-order valence-electron chi connectivity index (χ4n) is 10.2. The quantitative estimate of drug-likeness (QED) is 0.176. The second kappa shape index (κ2) is 15.7. The number of hydrogen-bond acceptors (Lipinski definition) is 10. The van der Waals surface area contributed by atoms with Crippen molar-refractivity contribution in [3.63, 3.8) is 0 Å². The first-order valence-corrected chi connectivity index (χ1v) is 22.9. The third-order valence-electron chi connectivity index (χ3n) is 13.7. The van der Waals surface area contributed by atoms with Crippen molar-refractivity contribution in [2.45, 2.75) is 106 Å². The summed E-state index contributed by atoms with van der Waals surface area (Å²) >= 11 is 6.30. The van der Waals surface area contributed by atoms with Gasteiger partial charge in [0.2, 0.25) is 23.7 Å². The molecule has 1 unspecified atom stereocenters. The Bertz CT molecular complexity index is 2490. The maximum absolute atomic E-state index is 13.9. The van der Waals surface area contributed by atoms with Crippen LogP contribution in [0.3, 0.4) is 0 Å². The fraction of sp³-hybridized carbons (Fsp3) is 0.500. The molecule has 310 valence electrons. The Morgan fingerprint density at radius 3 is 2.37 bits per heavy atom. The van der Waals surface area contributed by atoms with Gasteiger partial charge in [-0.05, 0) is 117 Å². The van der Waals surface area contributed by atoms with Crippen LogP contribution in [0.1, 0.15) is 100 Å². The molecule has 9 rings (SSSR count). The van der Waals surface area contributed by atoms with Crippen molar-refractivity contribution in [1.82, 2.24) is 24.8 Å². The van der Waals surface area contributed by atoms with Gasteiger partial charge < -0.3 is 15.1 Å².